The van der Waals surface area contributed by atoms with Crippen molar-refractivity contribution in [2.75, 3.05) is 18.8 Å². The number of nitrogens with one attached hydrogen (secondary N) is 2. The van der Waals surface area contributed by atoms with Crippen LogP contribution < -0.4 is 16.4 Å². The van der Waals surface area contributed by atoms with E-state index in [2.05, 4.69) is 10.6 Å². The second-order valence-electron chi connectivity index (χ2n) is 4.53. The van der Waals surface area contributed by atoms with Crippen LogP contribution in [-0.4, -0.2) is 30.0 Å². The van der Waals surface area contributed by atoms with Gasteiger partial charge in [-0.1, -0.05) is 0 Å². The van der Waals surface area contributed by atoms with Crippen molar-refractivity contribution in [1.29, 1.82) is 0 Å². The molecule has 0 unspecified atom stereocenters. The molecule has 0 saturated carbocycles. The summed E-state index contributed by atoms with van der Waals surface area (Å²) in [6.07, 6.45) is 1.70. The topological polar surface area (TPSA) is 110 Å². The number of nitrogens with two attached hydrogens (primary N) is 1. The molecule has 0 atom stereocenters. The predicted molar refractivity (Wildman–Crippen MR) is 70.9 cm³/mol. The largest absolute Gasteiger partial charge is 0.398 e. The number of nitrogen functional groups attached to an aromatic ring is 1. The second-order valence-corrected chi connectivity index (χ2v) is 4.53. The van der Waals surface area contributed by atoms with Crippen molar-refractivity contribution in [2.24, 2.45) is 0 Å². The highest BCUT2D eigenvalue weighted by atomic mass is 16.6. The third kappa shape index (κ3) is 3.19. The zero-order valence-corrected chi connectivity index (χ0v) is 10.4. The van der Waals surface area contributed by atoms with Gasteiger partial charge in [-0.05, 0) is 32.0 Å². The van der Waals surface area contributed by atoms with Gasteiger partial charge < -0.3 is 16.4 Å². The Labute approximate surface area is 110 Å². The monoisotopic (exact) mass is 264 g/mol. The first-order valence-corrected chi connectivity index (χ1v) is 6.13. The molecular formula is C12H16N4O3. The summed E-state index contributed by atoms with van der Waals surface area (Å²) in [5.74, 6) is -0.354. The molecule has 1 amide bonds. The highest BCUT2D eigenvalue weighted by Crippen LogP contribution is 2.20. The Morgan fingerprint density at radius 1 is 1.42 bits per heavy atom. The molecule has 1 aliphatic rings. The van der Waals surface area contributed by atoms with Gasteiger partial charge in [0.05, 0.1) is 10.5 Å². The minimum atomic E-state index is -0.541. The normalized spacial score (nSPS) is 16.0. The molecule has 0 radical (unpaired) electrons. The second kappa shape index (κ2) is 5.66. The highest BCUT2D eigenvalue weighted by molar-refractivity contribution is 5.99. The Kier molecular flexibility index (Phi) is 3.96. The van der Waals surface area contributed by atoms with Gasteiger partial charge in [-0.15, -0.1) is 0 Å². The molecule has 0 aromatic heterocycles. The number of nitrogens with zero attached hydrogens (tertiary/aromatic N) is 1. The van der Waals surface area contributed by atoms with Crippen LogP contribution in [0.4, 0.5) is 11.4 Å². The van der Waals surface area contributed by atoms with E-state index in [1.165, 1.54) is 18.2 Å². The van der Waals surface area contributed by atoms with E-state index in [0.29, 0.717) is 0 Å². The number of nitro groups is 1. The lowest BCUT2D eigenvalue weighted by Crippen LogP contribution is -2.42. The van der Waals surface area contributed by atoms with Crippen LogP contribution in [0.15, 0.2) is 18.2 Å². The number of anilines is 1. The number of hydrogen-bond acceptors (Lipinski definition) is 5. The van der Waals surface area contributed by atoms with Gasteiger partial charge in [0.15, 0.2) is 0 Å². The van der Waals surface area contributed by atoms with E-state index in [0.717, 1.165) is 25.9 Å². The van der Waals surface area contributed by atoms with Crippen molar-refractivity contribution < 1.29 is 9.72 Å². The summed E-state index contributed by atoms with van der Waals surface area (Å²) >= 11 is 0. The Bertz CT molecular complexity index is 498. The molecule has 1 fully saturated rings. The third-order valence-corrected chi connectivity index (χ3v) is 3.17. The molecule has 1 aromatic rings. The molecule has 1 heterocycles. The summed E-state index contributed by atoms with van der Waals surface area (Å²) in [6, 6.07) is 3.98. The predicted octanol–water partition coefficient (Wildman–Crippen LogP) is 0.659. The molecule has 2 rings (SSSR count). The fourth-order valence-corrected chi connectivity index (χ4v) is 2.08. The number of piperidine rings is 1. The van der Waals surface area contributed by atoms with Crippen LogP contribution in [-0.2, 0) is 0 Å². The van der Waals surface area contributed by atoms with E-state index in [1.807, 2.05) is 0 Å². The Hall–Kier alpha value is -2.15. The first-order valence-electron chi connectivity index (χ1n) is 6.13. The van der Waals surface area contributed by atoms with Crippen LogP contribution in [0.2, 0.25) is 0 Å². The zero-order chi connectivity index (χ0) is 13.8. The number of rotatable bonds is 3. The number of carbonyl (C=O) groups is 1. The molecule has 1 aromatic carbocycles. The Morgan fingerprint density at radius 3 is 2.74 bits per heavy atom. The van der Waals surface area contributed by atoms with Crippen LogP contribution in [0, 0.1) is 10.1 Å². The Balaban J connectivity index is 2.13. The lowest BCUT2D eigenvalue weighted by Gasteiger charge is -2.23. The first-order chi connectivity index (χ1) is 9.08. The SMILES string of the molecule is Nc1ccc([N+](=O)[O-])cc1C(=O)NC1CCNCC1. The summed E-state index contributed by atoms with van der Waals surface area (Å²) in [5.41, 5.74) is 5.97. The fraction of sp³-hybridized carbons (Fsp3) is 0.417. The number of benzene rings is 1. The molecular weight excluding hydrogens is 248 g/mol. The van der Waals surface area contributed by atoms with Crippen LogP contribution >= 0.6 is 0 Å². The van der Waals surface area contributed by atoms with E-state index in [1.54, 1.807) is 0 Å². The van der Waals surface area contributed by atoms with E-state index < -0.39 is 4.92 Å². The van der Waals surface area contributed by atoms with Crippen LogP contribution in [0.25, 0.3) is 0 Å². The highest BCUT2D eigenvalue weighted by Gasteiger charge is 2.19. The molecule has 1 saturated heterocycles. The number of carbonyl (C=O) groups excluding carboxylic acids is 1. The van der Waals surface area contributed by atoms with Crippen molar-refractivity contribution in [2.45, 2.75) is 18.9 Å². The minimum absolute atomic E-state index is 0.0902. The summed E-state index contributed by atoms with van der Waals surface area (Å²) < 4.78 is 0. The van der Waals surface area contributed by atoms with Gasteiger partial charge in [-0.25, -0.2) is 0 Å². The van der Waals surface area contributed by atoms with Gasteiger partial charge in [0, 0.05) is 23.9 Å². The van der Waals surface area contributed by atoms with Gasteiger partial charge in [-0.2, -0.15) is 0 Å². The van der Waals surface area contributed by atoms with Gasteiger partial charge in [0.2, 0.25) is 0 Å². The lowest BCUT2D eigenvalue weighted by atomic mass is 10.1. The summed E-state index contributed by atoms with van der Waals surface area (Å²) in [6.45, 7) is 1.71. The van der Waals surface area contributed by atoms with E-state index in [9.17, 15) is 14.9 Å². The summed E-state index contributed by atoms with van der Waals surface area (Å²) in [5, 5.41) is 16.8. The van der Waals surface area contributed by atoms with Gasteiger partial charge in [0.1, 0.15) is 0 Å². The standard InChI is InChI=1S/C12H16N4O3/c13-11-2-1-9(16(18)19)7-10(11)12(17)15-8-3-5-14-6-4-8/h1-2,7-8,14H,3-6,13H2,(H,15,17). The molecule has 0 bridgehead atoms. The zero-order valence-electron chi connectivity index (χ0n) is 10.4. The van der Waals surface area contributed by atoms with Gasteiger partial charge >= 0.3 is 0 Å². The maximum atomic E-state index is 12.1. The fourth-order valence-electron chi connectivity index (χ4n) is 2.08. The molecule has 19 heavy (non-hydrogen) atoms. The smallest absolute Gasteiger partial charge is 0.270 e. The number of amides is 1. The van der Waals surface area contributed by atoms with E-state index >= 15 is 0 Å². The maximum absolute atomic E-state index is 12.1. The molecule has 1 aliphatic heterocycles. The molecule has 7 heteroatoms. The molecule has 0 aliphatic carbocycles. The summed E-state index contributed by atoms with van der Waals surface area (Å²) in [7, 11) is 0. The quantitative estimate of drug-likeness (QED) is 0.422. The number of non-ortho nitro benzene ring substituents is 1. The van der Waals surface area contributed by atoms with Crippen molar-refractivity contribution in [3.8, 4) is 0 Å². The minimum Gasteiger partial charge on any atom is -0.398 e. The molecule has 4 N–H and O–H groups in total. The average molecular weight is 264 g/mol. The third-order valence-electron chi connectivity index (χ3n) is 3.17. The van der Waals surface area contributed by atoms with Crippen LogP contribution in [0.1, 0.15) is 23.2 Å². The van der Waals surface area contributed by atoms with Crippen LogP contribution in [0.5, 0.6) is 0 Å². The Morgan fingerprint density at radius 2 is 2.11 bits per heavy atom. The molecule has 0 spiro atoms. The van der Waals surface area contributed by atoms with E-state index in [-0.39, 0.29) is 28.9 Å². The maximum Gasteiger partial charge on any atom is 0.270 e. The average Bonchev–Trinajstić information content (AvgIpc) is 2.40. The number of hydrogen-bond donors (Lipinski definition) is 3. The van der Waals surface area contributed by atoms with Crippen molar-refractivity contribution in [3.05, 3.63) is 33.9 Å². The van der Waals surface area contributed by atoms with Crippen LogP contribution in [0.3, 0.4) is 0 Å². The van der Waals surface area contributed by atoms with Crippen molar-refractivity contribution in [1.82, 2.24) is 10.6 Å². The van der Waals surface area contributed by atoms with Gasteiger partial charge in [0.25, 0.3) is 11.6 Å². The van der Waals surface area contributed by atoms with Crippen molar-refractivity contribution in [3.63, 3.8) is 0 Å². The first kappa shape index (κ1) is 13.3. The van der Waals surface area contributed by atoms with E-state index in [4.69, 9.17) is 5.73 Å². The lowest BCUT2D eigenvalue weighted by molar-refractivity contribution is -0.384. The summed E-state index contributed by atoms with van der Waals surface area (Å²) in [4.78, 5) is 22.2. The van der Waals surface area contributed by atoms with Crippen molar-refractivity contribution >= 4 is 17.3 Å². The molecule has 102 valence electrons. The van der Waals surface area contributed by atoms with Gasteiger partial charge in [-0.3, -0.25) is 14.9 Å². The number of nitro benzene ring substituents is 1. The molecule has 7 nitrogen and oxygen atoms in total.